The smallest absolute Gasteiger partial charge is 0.0615 e. The molecule has 0 spiro atoms. The largest absolute Gasteiger partial charge is 0.392 e. The van der Waals surface area contributed by atoms with E-state index in [4.69, 9.17) is 0 Å². The second-order valence-corrected chi connectivity index (χ2v) is 4.86. The molecular formula is C10H21NO. The molecule has 1 aliphatic rings. The van der Waals surface area contributed by atoms with E-state index in [-0.39, 0.29) is 11.5 Å². The highest BCUT2D eigenvalue weighted by atomic mass is 16.3. The summed E-state index contributed by atoms with van der Waals surface area (Å²) in [6.07, 6.45) is 0.804. The van der Waals surface area contributed by atoms with Gasteiger partial charge in [-0.2, -0.15) is 0 Å². The van der Waals surface area contributed by atoms with Gasteiger partial charge in [0.1, 0.15) is 0 Å². The molecule has 0 aliphatic carbocycles. The van der Waals surface area contributed by atoms with Crippen LogP contribution in [0.1, 0.15) is 34.1 Å². The summed E-state index contributed by atoms with van der Waals surface area (Å²) in [5.41, 5.74) is 0.0719. The summed E-state index contributed by atoms with van der Waals surface area (Å²) in [6, 6.07) is 0.608. The molecule has 0 aromatic carbocycles. The summed E-state index contributed by atoms with van der Waals surface area (Å²) in [4.78, 5) is 2.44. The maximum Gasteiger partial charge on any atom is 0.0615 e. The zero-order chi connectivity index (χ0) is 9.35. The molecule has 0 radical (unpaired) electrons. The Morgan fingerprint density at radius 1 is 1.42 bits per heavy atom. The number of rotatable bonds is 1. The number of likely N-dealkylation sites (tertiary alicyclic amines) is 1. The minimum atomic E-state index is -0.118. The molecule has 0 saturated carbocycles. The Bertz CT molecular complexity index is 154. The van der Waals surface area contributed by atoms with Crippen LogP contribution in [0, 0.1) is 5.41 Å². The fourth-order valence-electron chi connectivity index (χ4n) is 1.83. The van der Waals surface area contributed by atoms with Crippen molar-refractivity contribution in [1.29, 1.82) is 0 Å². The number of piperidine rings is 1. The summed E-state index contributed by atoms with van der Waals surface area (Å²) >= 11 is 0. The standard InChI is InChI=1S/C10H21NO/c1-8(2)11-6-5-9(12)10(3,4)7-11/h8-9,12H,5-7H2,1-4H3/t9-/m1/s1. The van der Waals surface area contributed by atoms with Crippen LogP contribution in [-0.4, -0.2) is 35.2 Å². The molecule has 0 aromatic heterocycles. The third kappa shape index (κ3) is 1.99. The molecule has 12 heavy (non-hydrogen) atoms. The van der Waals surface area contributed by atoms with Gasteiger partial charge < -0.3 is 10.0 Å². The van der Waals surface area contributed by atoms with Crippen molar-refractivity contribution >= 4 is 0 Å². The predicted molar refractivity (Wildman–Crippen MR) is 51.1 cm³/mol. The Labute approximate surface area is 75.6 Å². The molecule has 0 aromatic rings. The van der Waals surface area contributed by atoms with Crippen LogP contribution < -0.4 is 0 Å². The maximum absolute atomic E-state index is 9.71. The maximum atomic E-state index is 9.71. The zero-order valence-electron chi connectivity index (χ0n) is 8.67. The molecule has 1 rings (SSSR count). The van der Waals surface area contributed by atoms with E-state index >= 15 is 0 Å². The van der Waals surface area contributed by atoms with Gasteiger partial charge in [-0.15, -0.1) is 0 Å². The molecule has 0 amide bonds. The molecule has 1 N–H and O–H groups in total. The molecule has 1 heterocycles. The molecule has 0 unspecified atom stereocenters. The van der Waals surface area contributed by atoms with E-state index in [0.29, 0.717) is 6.04 Å². The predicted octanol–water partition coefficient (Wildman–Crippen LogP) is 1.49. The van der Waals surface area contributed by atoms with E-state index in [1.54, 1.807) is 0 Å². The summed E-state index contributed by atoms with van der Waals surface area (Å²) in [5, 5.41) is 9.71. The van der Waals surface area contributed by atoms with Crippen molar-refractivity contribution in [3.8, 4) is 0 Å². The van der Waals surface area contributed by atoms with Gasteiger partial charge in [-0.3, -0.25) is 0 Å². The topological polar surface area (TPSA) is 23.5 Å². The van der Waals surface area contributed by atoms with Crippen LogP contribution >= 0.6 is 0 Å². The first-order valence-corrected chi connectivity index (χ1v) is 4.85. The van der Waals surface area contributed by atoms with Crippen LogP contribution in [0.3, 0.4) is 0 Å². The van der Waals surface area contributed by atoms with Crippen molar-refractivity contribution in [2.75, 3.05) is 13.1 Å². The summed E-state index contributed by atoms with van der Waals surface area (Å²) in [7, 11) is 0. The van der Waals surface area contributed by atoms with Gasteiger partial charge in [0.05, 0.1) is 6.10 Å². The van der Waals surface area contributed by atoms with Crippen LogP contribution in [-0.2, 0) is 0 Å². The van der Waals surface area contributed by atoms with Gasteiger partial charge in [-0.05, 0) is 20.3 Å². The van der Waals surface area contributed by atoms with Crippen molar-refractivity contribution in [3.05, 3.63) is 0 Å². The summed E-state index contributed by atoms with van der Waals surface area (Å²) in [6.45, 7) is 10.8. The lowest BCUT2D eigenvalue weighted by Gasteiger charge is -2.43. The van der Waals surface area contributed by atoms with E-state index in [1.807, 2.05) is 0 Å². The Morgan fingerprint density at radius 3 is 2.42 bits per heavy atom. The van der Waals surface area contributed by atoms with Crippen molar-refractivity contribution < 1.29 is 5.11 Å². The second-order valence-electron chi connectivity index (χ2n) is 4.86. The monoisotopic (exact) mass is 171 g/mol. The first-order valence-electron chi connectivity index (χ1n) is 4.85. The minimum absolute atomic E-state index is 0.0719. The van der Waals surface area contributed by atoms with Gasteiger partial charge in [0.25, 0.3) is 0 Å². The van der Waals surface area contributed by atoms with Crippen molar-refractivity contribution in [2.45, 2.75) is 46.3 Å². The molecule has 2 heteroatoms. The molecule has 0 bridgehead atoms. The molecule has 1 saturated heterocycles. The molecular weight excluding hydrogens is 150 g/mol. The van der Waals surface area contributed by atoms with E-state index < -0.39 is 0 Å². The van der Waals surface area contributed by atoms with Crippen molar-refractivity contribution in [1.82, 2.24) is 4.90 Å². The average molecular weight is 171 g/mol. The quantitative estimate of drug-likeness (QED) is 0.646. The van der Waals surface area contributed by atoms with Crippen LogP contribution in [0.15, 0.2) is 0 Å². The third-order valence-corrected chi connectivity index (χ3v) is 2.93. The van der Waals surface area contributed by atoms with Gasteiger partial charge >= 0.3 is 0 Å². The molecule has 2 nitrogen and oxygen atoms in total. The Kier molecular flexibility index (Phi) is 2.79. The number of aliphatic hydroxyl groups is 1. The SMILES string of the molecule is CC(C)N1CC[C@@H](O)C(C)(C)C1. The first-order chi connectivity index (χ1) is 5.43. The number of hydrogen-bond donors (Lipinski definition) is 1. The van der Waals surface area contributed by atoms with Gasteiger partial charge in [0.2, 0.25) is 0 Å². The molecule has 1 aliphatic heterocycles. The Morgan fingerprint density at radius 2 is 2.00 bits per heavy atom. The lowest BCUT2D eigenvalue weighted by molar-refractivity contribution is -0.0336. The van der Waals surface area contributed by atoms with Crippen LogP contribution in [0.2, 0.25) is 0 Å². The number of hydrogen-bond acceptors (Lipinski definition) is 2. The van der Waals surface area contributed by atoms with E-state index in [0.717, 1.165) is 19.5 Å². The van der Waals surface area contributed by atoms with Crippen LogP contribution in [0.4, 0.5) is 0 Å². The molecule has 1 atom stereocenters. The van der Waals surface area contributed by atoms with Crippen molar-refractivity contribution in [3.63, 3.8) is 0 Å². The third-order valence-electron chi connectivity index (χ3n) is 2.93. The second kappa shape index (κ2) is 3.35. The molecule has 72 valence electrons. The normalized spacial score (nSPS) is 31.0. The van der Waals surface area contributed by atoms with E-state index in [1.165, 1.54) is 0 Å². The van der Waals surface area contributed by atoms with Crippen molar-refractivity contribution in [2.24, 2.45) is 5.41 Å². The number of aliphatic hydroxyl groups excluding tert-OH is 1. The fraction of sp³-hybridized carbons (Fsp3) is 1.00. The average Bonchev–Trinajstić information content (AvgIpc) is 1.94. The first kappa shape index (κ1) is 10.0. The fourth-order valence-corrected chi connectivity index (χ4v) is 1.83. The van der Waals surface area contributed by atoms with Gasteiger partial charge in [-0.1, -0.05) is 13.8 Å². The lowest BCUT2D eigenvalue weighted by atomic mass is 9.81. The summed E-state index contributed by atoms with van der Waals surface area (Å²) in [5.74, 6) is 0. The minimum Gasteiger partial charge on any atom is -0.392 e. The van der Waals surface area contributed by atoms with Gasteiger partial charge in [0.15, 0.2) is 0 Å². The summed E-state index contributed by atoms with van der Waals surface area (Å²) < 4.78 is 0. The number of nitrogens with zero attached hydrogens (tertiary/aromatic N) is 1. The zero-order valence-corrected chi connectivity index (χ0v) is 8.67. The molecule has 1 fully saturated rings. The Hall–Kier alpha value is -0.0800. The van der Waals surface area contributed by atoms with Crippen LogP contribution in [0.25, 0.3) is 0 Å². The van der Waals surface area contributed by atoms with E-state index in [2.05, 4.69) is 32.6 Å². The van der Waals surface area contributed by atoms with Gasteiger partial charge in [0, 0.05) is 24.5 Å². The highest BCUT2D eigenvalue weighted by molar-refractivity contribution is 4.87. The Balaban J connectivity index is 2.57. The van der Waals surface area contributed by atoms with E-state index in [9.17, 15) is 5.11 Å². The highest BCUT2D eigenvalue weighted by Crippen LogP contribution is 2.29. The highest BCUT2D eigenvalue weighted by Gasteiger charge is 2.34. The lowest BCUT2D eigenvalue weighted by Crippen LogP contribution is -2.50. The van der Waals surface area contributed by atoms with Crippen LogP contribution in [0.5, 0.6) is 0 Å². The van der Waals surface area contributed by atoms with Gasteiger partial charge in [-0.25, -0.2) is 0 Å².